The minimum absolute atomic E-state index is 0.291. The number of aliphatic hydroxyl groups is 1. The number of aromatic nitrogens is 2. The van der Waals surface area contributed by atoms with E-state index in [1.807, 2.05) is 41.1 Å². The zero-order chi connectivity index (χ0) is 14.9. The molecule has 0 aliphatic heterocycles. The number of aryl methyl sites for hydroxylation is 2. The van der Waals surface area contributed by atoms with Gasteiger partial charge in [0, 0.05) is 16.5 Å². The molecular weight excluding hydrogens is 438 g/mol. The zero-order valence-electron chi connectivity index (χ0n) is 11.2. The summed E-state index contributed by atoms with van der Waals surface area (Å²) in [4.78, 5) is 0. The second-order valence-electron chi connectivity index (χ2n) is 4.55. The van der Waals surface area contributed by atoms with Gasteiger partial charge in [-0.15, -0.1) is 0 Å². The van der Waals surface area contributed by atoms with Crippen LogP contribution in [0.15, 0.2) is 22.7 Å². The van der Waals surface area contributed by atoms with E-state index >= 15 is 0 Å². The van der Waals surface area contributed by atoms with Crippen LogP contribution in [-0.4, -0.2) is 14.9 Å². The quantitative estimate of drug-likeness (QED) is 0.712. The zero-order valence-corrected chi connectivity index (χ0v) is 14.9. The molecular formula is C14H15BrFIN2O. The number of hydrogen-bond donors (Lipinski definition) is 1. The summed E-state index contributed by atoms with van der Waals surface area (Å²) in [5.74, 6) is -0.291. The van der Waals surface area contributed by atoms with Gasteiger partial charge in [0.15, 0.2) is 0 Å². The van der Waals surface area contributed by atoms with Gasteiger partial charge in [-0.1, -0.05) is 6.07 Å². The standard InChI is InChI=1S/C14H15BrFIN2O/c1-3-19-12(14(15)8(2)18-19)7-13(20)10-5-4-9(16)6-11(10)17/h4-6,13,20H,3,7H2,1-2H3. The highest BCUT2D eigenvalue weighted by atomic mass is 127. The van der Waals surface area contributed by atoms with Gasteiger partial charge < -0.3 is 5.11 Å². The van der Waals surface area contributed by atoms with E-state index in [-0.39, 0.29) is 5.82 Å². The molecule has 2 rings (SSSR count). The Morgan fingerprint density at radius 3 is 2.80 bits per heavy atom. The largest absolute Gasteiger partial charge is 0.388 e. The minimum Gasteiger partial charge on any atom is -0.388 e. The highest BCUT2D eigenvalue weighted by Gasteiger charge is 2.19. The maximum atomic E-state index is 13.1. The van der Waals surface area contributed by atoms with E-state index in [1.54, 1.807) is 6.07 Å². The number of aliphatic hydroxyl groups excluding tert-OH is 1. The third kappa shape index (κ3) is 3.23. The summed E-state index contributed by atoms with van der Waals surface area (Å²) < 4.78 is 16.6. The van der Waals surface area contributed by atoms with Crippen molar-refractivity contribution >= 4 is 38.5 Å². The molecule has 0 saturated heterocycles. The van der Waals surface area contributed by atoms with Crippen LogP contribution in [0.2, 0.25) is 0 Å². The lowest BCUT2D eigenvalue weighted by atomic mass is 10.0. The predicted octanol–water partition coefficient (Wildman–Crippen LogP) is 3.99. The molecule has 0 bridgehead atoms. The summed E-state index contributed by atoms with van der Waals surface area (Å²) in [6.45, 7) is 4.68. The van der Waals surface area contributed by atoms with Gasteiger partial charge in [-0.25, -0.2) is 4.39 Å². The molecule has 0 aliphatic rings. The fourth-order valence-electron chi connectivity index (χ4n) is 2.13. The lowest BCUT2D eigenvalue weighted by molar-refractivity contribution is 0.174. The number of halogens is 3. The molecule has 0 amide bonds. The van der Waals surface area contributed by atoms with E-state index in [4.69, 9.17) is 0 Å². The molecule has 0 radical (unpaired) electrons. The third-order valence-electron chi connectivity index (χ3n) is 3.16. The first-order valence-electron chi connectivity index (χ1n) is 6.28. The van der Waals surface area contributed by atoms with Crippen LogP contribution in [0.4, 0.5) is 4.39 Å². The smallest absolute Gasteiger partial charge is 0.124 e. The second kappa shape index (κ2) is 6.53. The SMILES string of the molecule is CCn1nc(C)c(Br)c1CC(O)c1ccc(F)cc1I. The van der Waals surface area contributed by atoms with Gasteiger partial charge in [0.25, 0.3) is 0 Å². The molecule has 0 saturated carbocycles. The third-order valence-corrected chi connectivity index (χ3v) is 5.13. The number of hydrogen-bond acceptors (Lipinski definition) is 2. The van der Waals surface area contributed by atoms with E-state index in [1.165, 1.54) is 12.1 Å². The van der Waals surface area contributed by atoms with E-state index in [0.29, 0.717) is 6.42 Å². The number of benzene rings is 1. The Morgan fingerprint density at radius 1 is 1.50 bits per heavy atom. The molecule has 1 aromatic heterocycles. The van der Waals surface area contributed by atoms with Crippen molar-refractivity contribution < 1.29 is 9.50 Å². The lowest BCUT2D eigenvalue weighted by Crippen LogP contribution is -2.10. The summed E-state index contributed by atoms with van der Waals surface area (Å²) in [6, 6.07) is 4.43. The Hall–Kier alpha value is -0.470. The number of rotatable bonds is 4. The summed E-state index contributed by atoms with van der Waals surface area (Å²) in [7, 11) is 0. The molecule has 1 aromatic carbocycles. The molecule has 20 heavy (non-hydrogen) atoms. The van der Waals surface area contributed by atoms with Crippen LogP contribution in [0.5, 0.6) is 0 Å². The average molecular weight is 453 g/mol. The molecule has 0 fully saturated rings. The Labute approximate surface area is 139 Å². The van der Waals surface area contributed by atoms with Crippen LogP contribution in [0.3, 0.4) is 0 Å². The van der Waals surface area contributed by atoms with E-state index in [0.717, 1.165) is 31.5 Å². The predicted molar refractivity (Wildman–Crippen MR) is 88.1 cm³/mol. The van der Waals surface area contributed by atoms with Crippen LogP contribution in [0.1, 0.15) is 30.0 Å². The highest BCUT2D eigenvalue weighted by molar-refractivity contribution is 14.1. The van der Waals surface area contributed by atoms with Gasteiger partial charge in [-0.3, -0.25) is 4.68 Å². The fraction of sp³-hybridized carbons (Fsp3) is 0.357. The molecule has 0 aliphatic carbocycles. The maximum absolute atomic E-state index is 13.1. The normalized spacial score (nSPS) is 12.7. The van der Waals surface area contributed by atoms with Gasteiger partial charge >= 0.3 is 0 Å². The monoisotopic (exact) mass is 452 g/mol. The summed E-state index contributed by atoms with van der Waals surface area (Å²) in [5.41, 5.74) is 2.60. The van der Waals surface area contributed by atoms with Crippen molar-refractivity contribution in [1.29, 1.82) is 0 Å². The molecule has 1 atom stereocenters. The van der Waals surface area contributed by atoms with Crippen molar-refractivity contribution in [3.8, 4) is 0 Å². The first-order valence-corrected chi connectivity index (χ1v) is 8.16. The molecule has 3 nitrogen and oxygen atoms in total. The molecule has 6 heteroatoms. The lowest BCUT2D eigenvalue weighted by Gasteiger charge is -2.14. The average Bonchev–Trinajstić information content (AvgIpc) is 2.66. The van der Waals surface area contributed by atoms with Crippen molar-refractivity contribution in [2.45, 2.75) is 32.9 Å². The van der Waals surface area contributed by atoms with E-state index in [9.17, 15) is 9.50 Å². The van der Waals surface area contributed by atoms with Gasteiger partial charge in [0.05, 0.1) is 22.0 Å². The Bertz CT molecular complexity index is 630. The van der Waals surface area contributed by atoms with Crippen molar-refractivity contribution in [1.82, 2.24) is 9.78 Å². The van der Waals surface area contributed by atoms with Crippen LogP contribution < -0.4 is 0 Å². The van der Waals surface area contributed by atoms with Gasteiger partial charge in [-0.05, 0) is 70.1 Å². The minimum atomic E-state index is -0.680. The molecule has 108 valence electrons. The van der Waals surface area contributed by atoms with E-state index < -0.39 is 6.10 Å². The molecule has 1 heterocycles. The first-order chi connectivity index (χ1) is 9.43. The molecule has 1 N–H and O–H groups in total. The van der Waals surface area contributed by atoms with Gasteiger partial charge in [-0.2, -0.15) is 5.10 Å². The Kier molecular flexibility index (Phi) is 5.19. The number of nitrogens with zero attached hydrogens (tertiary/aromatic N) is 2. The van der Waals surface area contributed by atoms with Gasteiger partial charge in [0.1, 0.15) is 5.82 Å². The summed E-state index contributed by atoms with van der Waals surface area (Å²) in [5, 5.41) is 14.8. The van der Waals surface area contributed by atoms with Gasteiger partial charge in [0.2, 0.25) is 0 Å². The molecule has 1 unspecified atom stereocenters. The van der Waals surface area contributed by atoms with Crippen molar-refractivity contribution in [3.05, 3.63) is 49.0 Å². The summed E-state index contributed by atoms with van der Waals surface area (Å²) >= 11 is 5.56. The molecule has 2 aromatic rings. The van der Waals surface area contributed by atoms with Crippen LogP contribution in [0, 0.1) is 16.3 Å². The first kappa shape index (κ1) is 15.9. The Morgan fingerprint density at radius 2 is 2.20 bits per heavy atom. The Balaban J connectivity index is 2.30. The van der Waals surface area contributed by atoms with Crippen LogP contribution in [-0.2, 0) is 13.0 Å². The summed E-state index contributed by atoms with van der Waals surface area (Å²) in [6.07, 6.45) is -0.239. The van der Waals surface area contributed by atoms with Crippen LogP contribution in [0.25, 0.3) is 0 Å². The van der Waals surface area contributed by atoms with Crippen LogP contribution >= 0.6 is 38.5 Å². The maximum Gasteiger partial charge on any atom is 0.124 e. The van der Waals surface area contributed by atoms with E-state index in [2.05, 4.69) is 21.0 Å². The topological polar surface area (TPSA) is 38.0 Å². The highest BCUT2D eigenvalue weighted by Crippen LogP contribution is 2.28. The van der Waals surface area contributed by atoms with Crippen molar-refractivity contribution in [3.63, 3.8) is 0 Å². The van der Waals surface area contributed by atoms with Crippen molar-refractivity contribution in [2.24, 2.45) is 0 Å². The fourth-order valence-corrected chi connectivity index (χ4v) is 3.41. The molecule has 0 spiro atoms. The van der Waals surface area contributed by atoms with Crippen molar-refractivity contribution in [2.75, 3.05) is 0 Å². The second-order valence-corrected chi connectivity index (χ2v) is 6.50.